The topological polar surface area (TPSA) is 79.0 Å². The van der Waals surface area contributed by atoms with Gasteiger partial charge in [0.15, 0.2) is 0 Å². The Bertz CT molecular complexity index is 1070. The molecular formula is C26H35N3O4S. The van der Waals surface area contributed by atoms with E-state index in [2.05, 4.69) is 10.2 Å². The third-order valence-corrected chi connectivity index (χ3v) is 8.63. The van der Waals surface area contributed by atoms with Gasteiger partial charge in [-0.2, -0.15) is 4.31 Å². The lowest BCUT2D eigenvalue weighted by molar-refractivity contribution is 0.102. The first-order valence-electron chi connectivity index (χ1n) is 12.3. The predicted octanol–water partition coefficient (Wildman–Crippen LogP) is 4.89. The smallest absolute Gasteiger partial charge is 0.255 e. The zero-order valence-electron chi connectivity index (χ0n) is 20.0. The van der Waals surface area contributed by atoms with Crippen molar-refractivity contribution in [2.75, 3.05) is 43.5 Å². The highest BCUT2D eigenvalue weighted by molar-refractivity contribution is 7.89. The first-order valence-corrected chi connectivity index (χ1v) is 13.8. The summed E-state index contributed by atoms with van der Waals surface area (Å²) in [6.07, 6.45) is 8.25. The van der Waals surface area contributed by atoms with Crippen LogP contribution in [0.2, 0.25) is 0 Å². The fourth-order valence-corrected chi connectivity index (χ4v) is 6.49. The van der Waals surface area contributed by atoms with Crippen molar-refractivity contribution in [3.05, 3.63) is 48.0 Å². The molecule has 2 aromatic carbocycles. The second-order valence-corrected chi connectivity index (χ2v) is 11.0. The molecule has 8 heteroatoms. The molecule has 2 aromatic rings. The molecule has 4 rings (SSSR count). The monoisotopic (exact) mass is 485 g/mol. The van der Waals surface area contributed by atoms with E-state index in [9.17, 15) is 13.2 Å². The number of amides is 1. The Hall–Kier alpha value is -2.58. The maximum absolute atomic E-state index is 13.8. The Morgan fingerprint density at radius 1 is 0.824 bits per heavy atom. The predicted molar refractivity (Wildman–Crippen MR) is 135 cm³/mol. The summed E-state index contributed by atoms with van der Waals surface area (Å²) in [5.74, 6) is 0.366. The van der Waals surface area contributed by atoms with Crippen molar-refractivity contribution in [3.63, 3.8) is 0 Å². The van der Waals surface area contributed by atoms with Gasteiger partial charge in [0.1, 0.15) is 10.6 Å². The van der Waals surface area contributed by atoms with Gasteiger partial charge >= 0.3 is 0 Å². The second-order valence-electron chi connectivity index (χ2n) is 9.08. The lowest BCUT2D eigenvalue weighted by Gasteiger charge is -2.28. The summed E-state index contributed by atoms with van der Waals surface area (Å²) in [5.41, 5.74) is 1.68. The van der Waals surface area contributed by atoms with E-state index >= 15 is 0 Å². The number of carbonyl (C=O) groups excluding carboxylic acids is 1. The molecule has 0 aliphatic carbocycles. The Morgan fingerprint density at radius 3 is 2.00 bits per heavy atom. The maximum Gasteiger partial charge on any atom is 0.255 e. The van der Waals surface area contributed by atoms with Crippen molar-refractivity contribution >= 4 is 27.3 Å². The number of sulfonamides is 1. The van der Waals surface area contributed by atoms with Crippen LogP contribution >= 0.6 is 0 Å². The van der Waals surface area contributed by atoms with E-state index in [0.717, 1.165) is 64.5 Å². The molecule has 0 spiro atoms. The molecular weight excluding hydrogens is 450 g/mol. The highest BCUT2D eigenvalue weighted by Crippen LogP contribution is 2.32. The van der Waals surface area contributed by atoms with Gasteiger partial charge in [-0.3, -0.25) is 4.79 Å². The summed E-state index contributed by atoms with van der Waals surface area (Å²) in [6.45, 7) is 2.73. The van der Waals surface area contributed by atoms with Crippen LogP contribution < -0.4 is 15.0 Å². The molecule has 0 atom stereocenters. The Morgan fingerprint density at radius 2 is 1.41 bits per heavy atom. The number of ether oxygens (including phenoxy) is 1. The summed E-state index contributed by atoms with van der Waals surface area (Å²) >= 11 is 0. The van der Waals surface area contributed by atoms with Gasteiger partial charge in [-0.1, -0.05) is 25.7 Å². The summed E-state index contributed by atoms with van der Waals surface area (Å²) < 4.78 is 34.5. The first-order chi connectivity index (χ1) is 16.5. The standard InChI is InChI=1S/C26H35N3O4S/c1-33-23-13-11-22(12-14-23)27-26(30)21-10-15-24(28-16-6-2-3-7-17-28)25(20-21)34(31,32)29-18-8-4-5-9-19-29/h10-15,20H,2-9,16-19H2,1H3,(H,27,30). The minimum Gasteiger partial charge on any atom is -0.497 e. The summed E-state index contributed by atoms with van der Waals surface area (Å²) in [7, 11) is -2.13. The van der Waals surface area contributed by atoms with Gasteiger partial charge in [-0.25, -0.2) is 8.42 Å². The number of nitrogens with zero attached hydrogens (tertiary/aromatic N) is 2. The average molecular weight is 486 g/mol. The molecule has 2 fully saturated rings. The highest BCUT2D eigenvalue weighted by Gasteiger charge is 2.30. The minimum absolute atomic E-state index is 0.249. The summed E-state index contributed by atoms with van der Waals surface area (Å²) in [4.78, 5) is 15.5. The molecule has 0 unspecified atom stereocenters. The molecule has 0 aromatic heterocycles. The minimum atomic E-state index is -3.72. The van der Waals surface area contributed by atoms with Gasteiger partial charge in [0.2, 0.25) is 10.0 Å². The fourth-order valence-electron chi connectivity index (χ4n) is 4.73. The van der Waals surface area contributed by atoms with E-state index in [0.29, 0.717) is 35.8 Å². The third-order valence-electron chi connectivity index (χ3n) is 6.70. The maximum atomic E-state index is 13.8. The fraction of sp³-hybridized carbons (Fsp3) is 0.500. The van der Waals surface area contributed by atoms with Gasteiger partial charge in [0, 0.05) is 37.4 Å². The van der Waals surface area contributed by atoms with E-state index in [1.807, 2.05) is 6.07 Å². The number of methoxy groups -OCH3 is 1. The van der Waals surface area contributed by atoms with Gasteiger partial charge in [-0.15, -0.1) is 0 Å². The number of nitrogens with one attached hydrogen (secondary N) is 1. The number of carbonyl (C=O) groups is 1. The molecule has 2 aliphatic heterocycles. The molecule has 1 N–H and O–H groups in total. The summed E-state index contributed by atoms with van der Waals surface area (Å²) in [6, 6.07) is 12.2. The van der Waals surface area contributed by atoms with Crippen LogP contribution in [0.3, 0.4) is 0 Å². The van der Waals surface area contributed by atoms with Crippen molar-refractivity contribution in [2.45, 2.75) is 56.3 Å². The van der Waals surface area contributed by atoms with E-state index in [4.69, 9.17) is 4.74 Å². The lowest BCUT2D eigenvalue weighted by atomic mass is 10.1. The number of rotatable bonds is 6. The lowest BCUT2D eigenvalue weighted by Crippen LogP contribution is -2.34. The molecule has 34 heavy (non-hydrogen) atoms. The molecule has 2 aliphatic rings. The van der Waals surface area contributed by atoms with Gasteiger partial charge in [-0.05, 0) is 68.1 Å². The molecule has 2 heterocycles. The van der Waals surface area contributed by atoms with E-state index in [1.54, 1.807) is 47.8 Å². The number of hydrogen-bond acceptors (Lipinski definition) is 5. The van der Waals surface area contributed by atoms with Gasteiger partial charge in [0.05, 0.1) is 12.8 Å². The quantitative estimate of drug-likeness (QED) is 0.630. The van der Waals surface area contributed by atoms with Gasteiger partial charge in [0.25, 0.3) is 5.91 Å². The van der Waals surface area contributed by atoms with E-state index in [1.165, 1.54) is 0 Å². The van der Waals surface area contributed by atoms with Crippen LogP contribution in [-0.2, 0) is 10.0 Å². The van der Waals surface area contributed by atoms with Crippen molar-refractivity contribution in [2.24, 2.45) is 0 Å². The largest absolute Gasteiger partial charge is 0.497 e. The van der Waals surface area contributed by atoms with Crippen LogP contribution in [0.4, 0.5) is 11.4 Å². The Labute approximate surface area is 203 Å². The van der Waals surface area contributed by atoms with E-state index < -0.39 is 10.0 Å². The van der Waals surface area contributed by atoms with Crippen LogP contribution in [-0.4, -0.2) is 51.9 Å². The normalized spacial score (nSPS) is 18.1. The summed E-state index contributed by atoms with van der Waals surface area (Å²) in [5, 5.41) is 2.87. The molecule has 184 valence electrons. The van der Waals surface area contributed by atoms with Crippen LogP contribution in [0.5, 0.6) is 5.75 Å². The molecule has 0 radical (unpaired) electrons. The van der Waals surface area contributed by atoms with E-state index in [-0.39, 0.29) is 10.8 Å². The molecule has 2 saturated heterocycles. The Kier molecular flexibility index (Phi) is 8.11. The zero-order valence-corrected chi connectivity index (χ0v) is 20.8. The molecule has 0 saturated carbocycles. The third kappa shape index (κ3) is 5.73. The van der Waals surface area contributed by atoms with Crippen molar-refractivity contribution in [1.82, 2.24) is 4.31 Å². The van der Waals surface area contributed by atoms with Crippen LogP contribution in [0.25, 0.3) is 0 Å². The molecule has 0 bridgehead atoms. The average Bonchev–Trinajstić information content (AvgIpc) is 3.30. The van der Waals surface area contributed by atoms with Crippen LogP contribution in [0, 0.1) is 0 Å². The van der Waals surface area contributed by atoms with Crippen molar-refractivity contribution in [1.29, 1.82) is 0 Å². The van der Waals surface area contributed by atoms with Crippen molar-refractivity contribution in [3.8, 4) is 5.75 Å². The van der Waals surface area contributed by atoms with Crippen LogP contribution in [0.15, 0.2) is 47.4 Å². The first kappa shape index (κ1) is 24.5. The highest BCUT2D eigenvalue weighted by atomic mass is 32.2. The van der Waals surface area contributed by atoms with Crippen molar-refractivity contribution < 1.29 is 17.9 Å². The number of hydrogen-bond donors (Lipinski definition) is 1. The van der Waals surface area contributed by atoms with Crippen LogP contribution in [0.1, 0.15) is 61.7 Å². The van der Waals surface area contributed by atoms with Gasteiger partial charge < -0.3 is 15.0 Å². The molecule has 7 nitrogen and oxygen atoms in total. The Balaban J connectivity index is 1.67. The number of benzene rings is 2. The zero-order chi connectivity index (χ0) is 24.0. The number of anilines is 2. The second kappa shape index (κ2) is 11.2. The molecule has 1 amide bonds. The SMILES string of the molecule is COc1ccc(NC(=O)c2ccc(N3CCCCCC3)c(S(=O)(=O)N3CCCCCC3)c2)cc1.